The van der Waals surface area contributed by atoms with E-state index >= 15 is 0 Å². The minimum atomic E-state index is 0.0268. The summed E-state index contributed by atoms with van der Waals surface area (Å²) in [5.41, 5.74) is 2.90. The topological polar surface area (TPSA) is 83.9 Å². The van der Waals surface area contributed by atoms with Crippen molar-refractivity contribution in [3.05, 3.63) is 78.1 Å². The van der Waals surface area contributed by atoms with Crippen LogP contribution in [-0.4, -0.2) is 43.8 Å². The molecule has 3 aromatic heterocycles. The second-order valence-electron chi connectivity index (χ2n) is 7.30. The van der Waals surface area contributed by atoms with Gasteiger partial charge >= 0.3 is 0 Å². The van der Waals surface area contributed by atoms with Gasteiger partial charge in [0.2, 0.25) is 5.91 Å². The first-order valence-corrected chi connectivity index (χ1v) is 10.1. The quantitative estimate of drug-likeness (QED) is 0.657. The van der Waals surface area contributed by atoms with Crippen molar-refractivity contribution >= 4 is 23.6 Å². The summed E-state index contributed by atoms with van der Waals surface area (Å²) in [6.07, 6.45) is 13.7. The Morgan fingerprint density at radius 3 is 2.57 bits per heavy atom. The first kappa shape index (κ1) is 19.7. The largest absolute Gasteiger partial charge is 0.339 e. The molecule has 0 spiro atoms. The summed E-state index contributed by atoms with van der Waals surface area (Å²) in [5.74, 6) is 1.79. The van der Waals surface area contributed by atoms with Crippen LogP contribution in [0, 0.1) is 6.92 Å². The number of piperidine rings is 1. The van der Waals surface area contributed by atoms with Crippen LogP contribution in [0.3, 0.4) is 0 Å². The first-order valence-electron chi connectivity index (χ1n) is 10.1. The Balaban J connectivity index is 1.40. The van der Waals surface area contributed by atoms with Crippen LogP contribution in [0.4, 0.5) is 11.6 Å². The fourth-order valence-electron chi connectivity index (χ4n) is 3.59. The molecule has 1 saturated heterocycles. The van der Waals surface area contributed by atoms with Gasteiger partial charge in [0.15, 0.2) is 5.82 Å². The Morgan fingerprint density at radius 1 is 1.03 bits per heavy atom. The molecule has 4 heterocycles. The summed E-state index contributed by atoms with van der Waals surface area (Å²) in [4.78, 5) is 32.0. The molecule has 152 valence electrons. The lowest BCUT2D eigenvalue weighted by Crippen LogP contribution is -2.37. The van der Waals surface area contributed by atoms with Crippen LogP contribution in [-0.2, 0) is 4.79 Å². The Bertz CT molecular complexity index is 1030. The summed E-state index contributed by atoms with van der Waals surface area (Å²) >= 11 is 0. The van der Waals surface area contributed by atoms with E-state index in [1.165, 1.54) is 0 Å². The highest BCUT2D eigenvalue weighted by atomic mass is 16.2. The molecule has 4 rings (SSSR count). The van der Waals surface area contributed by atoms with E-state index < -0.39 is 0 Å². The minimum Gasteiger partial charge on any atom is -0.339 e. The summed E-state index contributed by atoms with van der Waals surface area (Å²) in [5, 5.41) is 3.33. The minimum absolute atomic E-state index is 0.0268. The molecule has 1 aliphatic rings. The fourth-order valence-corrected chi connectivity index (χ4v) is 3.59. The van der Waals surface area contributed by atoms with Crippen LogP contribution in [0.25, 0.3) is 6.08 Å². The van der Waals surface area contributed by atoms with Crippen LogP contribution < -0.4 is 5.32 Å². The Morgan fingerprint density at radius 2 is 1.80 bits per heavy atom. The van der Waals surface area contributed by atoms with Gasteiger partial charge in [0, 0.05) is 56.1 Å². The van der Waals surface area contributed by atoms with E-state index in [4.69, 9.17) is 0 Å². The highest BCUT2D eigenvalue weighted by Gasteiger charge is 2.26. The predicted molar refractivity (Wildman–Crippen MR) is 116 cm³/mol. The van der Waals surface area contributed by atoms with Gasteiger partial charge in [-0.1, -0.05) is 12.1 Å². The third-order valence-electron chi connectivity index (χ3n) is 5.27. The van der Waals surface area contributed by atoms with Crippen molar-refractivity contribution in [2.45, 2.75) is 25.7 Å². The summed E-state index contributed by atoms with van der Waals surface area (Å²) in [6.45, 7) is 3.40. The second-order valence-corrected chi connectivity index (χ2v) is 7.30. The number of nitrogens with one attached hydrogen (secondary N) is 1. The molecular formula is C23H24N6O. The van der Waals surface area contributed by atoms with Crippen LogP contribution in [0.15, 0.2) is 61.3 Å². The summed E-state index contributed by atoms with van der Waals surface area (Å²) in [7, 11) is 0. The molecule has 3 aromatic rings. The summed E-state index contributed by atoms with van der Waals surface area (Å²) in [6, 6.07) is 7.70. The maximum absolute atomic E-state index is 12.5. The lowest BCUT2D eigenvalue weighted by molar-refractivity contribution is -0.126. The number of hydrogen-bond acceptors (Lipinski definition) is 6. The van der Waals surface area contributed by atoms with Gasteiger partial charge in [-0.25, -0.2) is 9.97 Å². The number of likely N-dealkylation sites (tertiary alicyclic amines) is 1. The van der Waals surface area contributed by atoms with Gasteiger partial charge in [0.1, 0.15) is 5.82 Å². The average Bonchev–Trinajstić information content (AvgIpc) is 2.80. The average molecular weight is 400 g/mol. The molecule has 1 N–H and O–H groups in total. The molecule has 0 radical (unpaired) electrons. The number of carbonyl (C=O) groups is 1. The summed E-state index contributed by atoms with van der Waals surface area (Å²) < 4.78 is 0. The number of nitrogens with zero attached hydrogens (tertiary/aromatic N) is 5. The lowest BCUT2D eigenvalue weighted by Gasteiger charge is -2.31. The van der Waals surface area contributed by atoms with E-state index in [1.807, 2.05) is 36.1 Å². The maximum atomic E-state index is 12.5. The van der Waals surface area contributed by atoms with Crippen molar-refractivity contribution < 1.29 is 4.79 Å². The number of rotatable bonds is 5. The van der Waals surface area contributed by atoms with E-state index in [9.17, 15) is 4.79 Å². The van der Waals surface area contributed by atoms with E-state index in [-0.39, 0.29) is 11.8 Å². The zero-order valence-corrected chi connectivity index (χ0v) is 16.9. The monoisotopic (exact) mass is 400 g/mol. The van der Waals surface area contributed by atoms with Gasteiger partial charge in [-0.2, -0.15) is 0 Å². The van der Waals surface area contributed by atoms with Gasteiger partial charge in [-0.3, -0.25) is 14.8 Å². The van der Waals surface area contributed by atoms with Crippen molar-refractivity contribution in [2.75, 3.05) is 18.4 Å². The number of hydrogen-bond donors (Lipinski definition) is 1. The maximum Gasteiger partial charge on any atom is 0.246 e. The zero-order valence-electron chi connectivity index (χ0n) is 16.9. The van der Waals surface area contributed by atoms with Crippen molar-refractivity contribution in [1.82, 2.24) is 24.8 Å². The fraction of sp³-hybridized carbons (Fsp3) is 0.261. The molecule has 0 saturated carbocycles. The van der Waals surface area contributed by atoms with Crippen molar-refractivity contribution in [1.29, 1.82) is 0 Å². The number of carbonyl (C=O) groups excluding carboxylic acids is 1. The third kappa shape index (κ3) is 4.68. The zero-order chi connectivity index (χ0) is 20.8. The van der Waals surface area contributed by atoms with Crippen molar-refractivity contribution in [3.8, 4) is 0 Å². The number of aryl methyl sites for hydroxylation is 1. The molecule has 0 atom stereocenters. The van der Waals surface area contributed by atoms with Gasteiger partial charge in [0.05, 0.1) is 5.69 Å². The highest BCUT2D eigenvalue weighted by molar-refractivity contribution is 5.91. The number of aromatic nitrogens is 4. The smallest absolute Gasteiger partial charge is 0.246 e. The number of amides is 1. The molecule has 30 heavy (non-hydrogen) atoms. The lowest BCUT2D eigenvalue weighted by atomic mass is 9.93. The molecule has 1 fully saturated rings. The molecule has 0 unspecified atom stereocenters. The molecule has 1 amide bonds. The van der Waals surface area contributed by atoms with E-state index in [1.54, 1.807) is 43.1 Å². The van der Waals surface area contributed by atoms with Gasteiger partial charge < -0.3 is 10.2 Å². The van der Waals surface area contributed by atoms with Crippen LogP contribution in [0.2, 0.25) is 0 Å². The number of anilines is 2. The molecule has 0 bridgehead atoms. The van der Waals surface area contributed by atoms with Crippen molar-refractivity contribution in [3.63, 3.8) is 0 Å². The number of pyridine rings is 2. The molecule has 0 aromatic carbocycles. The normalized spacial score (nSPS) is 14.8. The van der Waals surface area contributed by atoms with Gasteiger partial charge in [0.25, 0.3) is 0 Å². The second kappa shape index (κ2) is 9.26. The van der Waals surface area contributed by atoms with E-state index in [2.05, 4.69) is 25.3 Å². The van der Waals surface area contributed by atoms with Crippen LogP contribution in [0.5, 0.6) is 0 Å². The highest BCUT2D eigenvalue weighted by Crippen LogP contribution is 2.31. The van der Waals surface area contributed by atoms with Gasteiger partial charge in [-0.05, 0) is 49.1 Å². The van der Waals surface area contributed by atoms with E-state index in [0.717, 1.165) is 41.3 Å². The van der Waals surface area contributed by atoms with Gasteiger partial charge in [-0.15, -0.1) is 0 Å². The Hall–Kier alpha value is -3.61. The van der Waals surface area contributed by atoms with Crippen LogP contribution in [0.1, 0.15) is 35.6 Å². The predicted octanol–water partition coefficient (Wildman–Crippen LogP) is 3.74. The Kier molecular flexibility index (Phi) is 6.08. The third-order valence-corrected chi connectivity index (χ3v) is 5.27. The molecule has 7 heteroatoms. The molecular weight excluding hydrogens is 376 g/mol. The van der Waals surface area contributed by atoms with Crippen molar-refractivity contribution in [2.24, 2.45) is 0 Å². The standard InChI is InChI=1S/C23H24N6O/c1-17-4-2-11-26-22(17)28-23-21(25-12-13-27-23)19-8-14-29(15-9-19)20(30)7-6-18-5-3-10-24-16-18/h2-7,10-13,16,19H,8-9,14-15H2,1H3,(H,26,27,28)/b7-6+. The SMILES string of the molecule is Cc1cccnc1Nc1nccnc1C1CCN(C(=O)/C=C/c2cccnc2)CC1. The van der Waals surface area contributed by atoms with E-state index in [0.29, 0.717) is 13.1 Å². The first-order chi connectivity index (χ1) is 14.7. The van der Waals surface area contributed by atoms with Crippen LogP contribution >= 0.6 is 0 Å². The molecule has 7 nitrogen and oxygen atoms in total. The Labute approximate surface area is 175 Å². The molecule has 1 aliphatic heterocycles. The molecule has 0 aliphatic carbocycles.